The van der Waals surface area contributed by atoms with E-state index in [1.807, 2.05) is 18.2 Å². The van der Waals surface area contributed by atoms with Crippen LogP contribution in [0.4, 0.5) is 11.4 Å². The number of hydrogen-bond acceptors (Lipinski definition) is 2. The lowest BCUT2D eigenvalue weighted by molar-refractivity contribution is 0.304. The summed E-state index contributed by atoms with van der Waals surface area (Å²) in [4.78, 5) is 0. The highest BCUT2D eigenvalue weighted by Gasteiger charge is 2.34. The minimum Gasteiger partial charge on any atom is -0.494 e. The van der Waals surface area contributed by atoms with E-state index < -0.39 is 0 Å². The number of allylic oxidation sites excluding steroid dienone is 2. The van der Waals surface area contributed by atoms with Crippen LogP contribution < -0.4 is 10.1 Å². The maximum absolute atomic E-state index is 5.90. The molecular formula is C28H37NO. The Morgan fingerprint density at radius 3 is 2.10 bits per heavy atom. The average Bonchev–Trinajstić information content (AvgIpc) is 3.40. The van der Waals surface area contributed by atoms with Gasteiger partial charge in [-0.3, -0.25) is 0 Å². The number of hydrogen-bond donors (Lipinski definition) is 1. The highest BCUT2D eigenvalue weighted by molar-refractivity contribution is 5.59. The Morgan fingerprint density at radius 1 is 0.700 bits per heavy atom. The van der Waals surface area contributed by atoms with E-state index in [9.17, 15) is 0 Å². The molecule has 2 nitrogen and oxygen atoms in total. The molecule has 0 saturated heterocycles. The maximum Gasteiger partial charge on any atom is 0.119 e. The first kappa shape index (κ1) is 21.0. The molecule has 3 unspecified atom stereocenters. The predicted octanol–water partition coefficient (Wildman–Crippen LogP) is 8.14. The van der Waals surface area contributed by atoms with Gasteiger partial charge < -0.3 is 10.1 Å². The predicted molar refractivity (Wildman–Crippen MR) is 127 cm³/mol. The van der Waals surface area contributed by atoms with Crippen LogP contribution in [0.1, 0.15) is 64.2 Å². The SMILES string of the molecule is C1=CC2CC1CC2CCCCCCCCCOc1ccc(Nc2ccccc2)cc1. The number of unbranched alkanes of at least 4 members (excludes halogenated alkanes) is 6. The third kappa shape index (κ3) is 6.39. The van der Waals surface area contributed by atoms with Gasteiger partial charge in [0.25, 0.3) is 0 Å². The second-order valence-electron chi connectivity index (χ2n) is 9.17. The fourth-order valence-corrected chi connectivity index (χ4v) is 5.13. The molecule has 0 aromatic heterocycles. The average molecular weight is 404 g/mol. The van der Waals surface area contributed by atoms with Crippen molar-refractivity contribution in [2.75, 3.05) is 11.9 Å². The van der Waals surface area contributed by atoms with E-state index in [0.29, 0.717) is 0 Å². The molecule has 0 radical (unpaired) electrons. The van der Waals surface area contributed by atoms with Crippen LogP contribution in [-0.4, -0.2) is 6.61 Å². The number of nitrogens with one attached hydrogen (secondary N) is 1. The number of rotatable bonds is 13. The first-order chi connectivity index (χ1) is 14.9. The third-order valence-electron chi connectivity index (χ3n) is 6.82. The summed E-state index contributed by atoms with van der Waals surface area (Å²) < 4.78 is 5.90. The summed E-state index contributed by atoms with van der Waals surface area (Å²) >= 11 is 0. The fraction of sp³-hybridized carbons (Fsp3) is 0.500. The van der Waals surface area contributed by atoms with E-state index in [2.05, 4.69) is 53.9 Å². The fourth-order valence-electron chi connectivity index (χ4n) is 5.13. The van der Waals surface area contributed by atoms with Crippen molar-refractivity contribution in [3.05, 3.63) is 66.7 Å². The molecule has 0 amide bonds. The zero-order chi connectivity index (χ0) is 20.4. The molecule has 2 bridgehead atoms. The van der Waals surface area contributed by atoms with Gasteiger partial charge in [-0.1, -0.05) is 68.9 Å². The summed E-state index contributed by atoms with van der Waals surface area (Å²) in [5.74, 6) is 3.85. The number of ether oxygens (including phenoxy) is 1. The van der Waals surface area contributed by atoms with Gasteiger partial charge in [-0.2, -0.15) is 0 Å². The standard InChI is InChI=1S/C28H37NO/c1(2-4-7-11-24-21-23-14-15-25(24)22-23)3-5-10-20-30-28-18-16-27(17-19-28)29-26-12-8-6-9-13-26/h6,8-9,12-19,23-25,29H,1-5,7,10-11,20-22H2. The van der Waals surface area contributed by atoms with Gasteiger partial charge in [0.1, 0.15) is 5.75 Å². The molecule has 0 heterocycles. The highest BCUT2D eigenvalue weighted by Crippen LogP contribution is 2.45. The second-order valence-corrected chi connectivity index (χ2v) is 9.17. The lowest BCUT2D eigenvalue weighted by atomic mass is 9.88. The molecule has 0 spiro atoms. The van der Waals surface area contributed by atoms with Gasteiger partial charge >= 0.3 is 0 Å². The molecule has 4 rings (SSSR count). The van der Waals surface area contributed by atoms with Crippen molar-refractivity contribution in [2.24, 2.45) is 17.8 Å². The van der Waals surface area contributed by atoms with Crippen molar-refractivity contribution in [2.45, 2.75) is 64.2 Å². The smallest absolute Gasteiger partial charge is 0.119 e. The van der Waals surface area contributed by atoms with Gasteiger partial charge in [0.2, 0.25) is 0 Å². The first-order valence-corrected chi connectivity index (χ1v) is 12.1. The third-order valence-corrected chi connectivity index (χ3v) is 6.82. The lowest BCUT2D eigenvalue weighted by Crippen LogP contribution is -2.06. The van der Waals surface area contributed by atoms with Crippen molar-refractivity contribution in [3.8, 4) is 5.75 Å². The Hall–Kier alpha value is -2.22. The van der Waals surface area contributed by atoms with Gasteiger partial charge in [-0.25, -0.2) is 0 Å². The number of fused-ring (bicyclic) bond motifs is 2. The molecule has 1 saturated carbocycles. The van der Waals surface area contributed by atoms with E-state index in [-0.39, 0.29) is 0 Å². The van der Waals surface area contributed by atoms with Crippen LogP contribution in [0.15, 0.2) is 66.7 Å². The summed E-state index contributed by atoms with van der Waals surface area (Å²) in [6.07, 6.45) is 18.8. The Kier molecular flexibility index (Phi) is 7.88. The minimum absolute atomic E-state index is 0.823. The number of anilines is 2. The monoisotopic (exact) mass is 403 g/mol. The Labute approximate surface area is 182 Å². The molecule has 1 fully saturated rings. The van der Waals surface area contributed by atoms with Gasteiger partial charge in [0.15, 0.2) is 0 Å². The van der Waals surface area contributed by atoms with Crippen molar-refractivity contribution in [1.29, 1.82) is 0 Å². The topological polar surface area (TPSA) is 21.3 Å². The normalized spacial score (nSPS) is 21.8. The van der Waals surface area contributed by atoms with E-state index in [1.165, 1.54) is 57.8 Å². The molecule has 2 aromatic carbocycles. The number of benzene rings is 2. The van der Waals surface area contributed by atoms with Gasteiger partial charge in [-0.15, -0.1) is 0 Å². The molecule has 2 aromatic rings. The van der Waals surface area contributed by atoms with Crippen LogP contribution in [0.25, 0.3) is 0 Å². The Balaban J connectivity index is 0.987. The summed E-state index contributed by atoms with van der Waals surface area (Å²) in [6, 6.07) is 18.5. The molecule has 30 heavy (non-hydrogen) atoms. The highest BCUT2D eigenvalue weighted by atomic mass is 16.5. The summed E-state index contributed by atoms with van der Waals surface area (Å²) in [6.45, 7) is 0.823. The maximum atomic E-state index is 5.90. The molecule has 0 aliphatic heterocycles. The zero-order valence-electron chi connectivity index (χ0n) is 18.3. The molecule has 2 aliphatic rings. The van der Waals surface area contributed by atoms with Crippen molar-refractivity contribution >= 4 is 11.4 Å². The molecular weight excluding hydrogens is 366 g/mol. The summed E-state index contributed by atoms with van der Waals surface area (Å²) in [5, 5.41) is 3.40. The largest absolute Gasteiger partial charge is 0.494 e. The van der Waals surface area contributed by atoms with Gasteiger partial charge in [0, 0.05) is 11.4 Å². The Morgan fingerprint density at radius 2 is 1.40 bits per heavy atom. The summed E-state index contributed by atoms with van der Waals surface area (Å²) in [7, 11) is 0. The quantitative estimate of drug-likeness (QED) is 0.269. The van der Waals surface area contributed by atoms with Gasteiger partial charge in [0.05, 0.1) is 6.61 Å². The van der Waals surface area contributed by atoms with Crippen LogP contribution in [0.5, 0.6) is 5.75 Å². The van der Waals surface area contributed by atoms with Crippen LogP contribution in [0, 0.1) is 17.8 Å². The van der Waals surface area contributed by atoms with E-state index in [4.69, 9.17) is 4.74 Å². The zero-order valence-corrected chi connectivity index (χ0v) is 18.3. The molecule has 2 aliphatic carbocycles. The van der Waals surface area contributed by atoms with Crippen LogP contribution in [0.3, 0.4) is 0 Å². The van der Waals surface area contributed by atoms with Crippen molar-refractivity contribution in [3.63, 3.8) is 0 Å². The van der Waals surface area contributed by atoms with E-state index >= 15 is 0 Å². The van der Waals surface area contributed by atoms with E-state index in [0.717, 1.165) is 47.9 Å². The lowest BCUT2D eigenvalue weighted by Gasteiger charge is -2.17. The molecule has 1 N–H and O–H groups in total. The van der Waals surface area contributed by atoms with Crippen LogP contribution in [0.2, 0.25) is 0 Å². The van der Waals surface area contributed by atoms with Crippen molar-refractivity contribution in [1.82, 2.24) is 0 Å². The second kappa shape index (κ2) is 11.2. The first-order valence-electron chi connectivity index (χ1n) is 12.1. The molecule has 160 valence electrons. The Bertz CT molecular complexity index is 767. The van der Waals surface area contributed by atoms with Crippen LogP contribution >= 0.6 is 0 Å². The van der Waals surface area contributed by atoms with E-state index in [1.54, 1.807) is 0 Å². The molecule has 2 heteroatoms. The minimum atomic E-state index is 0.823. The van der Waals surface area contributed by atoms with Crippen molar-refractivity contribution < 1.29 is 4.74 Å². The van der Waals surface area contributed by atoms with Gasteiger partial charge in [-0.05, 0) is 79.8 Å². The summed E-state index contributed by atoms with van der Waals surface area (Å²) in [5.41, 5.74) is 2.19. The van der Waals surface area contributed by atoms with Crippen LogP contribution in [-0.2, 0) is 0 Å². The molecule has 3 atom stereocenters. The number of para-hydroxylation sites is 1.